The zero-order valence-electron chi connectivity index (χ0n) is 9.06. The number of carbonyl (C=O) groups is 1. The van der Waals surface area contributed by atoms with Crippen molar-refractivity contribution in [3.05, 3.63) is 0 Å². The van der Waals surface area contributed by atoms with Gasteiger partial charge < -0.3 is 4.74 Å². The van der Waals surface area contributed by atoms with Crippen LogP contribution in [0.1, 0.15) is 39.5 Å². The summed E-state index contributed by atoms with van der Waals surface area (Å²) in [4.78, 5) is 11.1. The molecule has 0 aromatic carbocycles. The lowest BCUT2D eigenvalue weighted by Crippen LogP contribution is -2.19. The Bertz CT molecular complexity index is 196. The second kappa shape index (κ2) is 7.35. The van der Waals surface area contributed by atoms with Crippen LogP contribution in [-0.4, -0.2) is 22.4 Å². The van der Waals surface area contributed by atoms with E-state index in [4.69, 9.17) is 4.74 Å². The molecule has 0 heterocycles. The molecule has 0 rings (SSSR count). The minimum absolute atomic E-state index is 0.185. The van der Waals surface area contributed by atoms with Crippen LogP contribution < -0.4 is 0 Å². The second-order valence-corrected chi connectivity index (χ2v) is 5.63. The quantitative estimate of drug-likeness (QED) is 0.404. The van der Waals surface area contributed by atoms with Crippen LogP contribution in [0.15, 0.2) is 0 Å². The maximum atomic E-state index is 12.7. The normalized spacial score (nSPS) is 13.7. The molecule has 0 aliphatic rings. The second-order valence-electron chi connectivity index (χ2n) is 3.50. The molecule has 0 N–H and O–H groups in total. The molecule has 1 unspecified atom stereocenters. The van der Waals surface area contributed by atoms with Crippen molar-refractivity contribution in [1.29, 1.82) is 0 Å². The van der Waals surface area contributed by atoms with Crippen molar-refractivity contribution in [3.8, 4) is 0 Å². The Hall–Kier alpha value is 0.0600. The van der Waals surface area contributed by atoms with Gasteiger partial charge in [-0.15, -0.1) is 0 Å². The Balaban J connectivity index is 3.55. The lowest BCUT2D eigenvalue weighted by atomic mass is 10.2. The number of carbonyl (C=O) groups excluding carboxylic acids is 1. The van der Waals surface area contributed by atoms with Crippen molar-refractivity contribution in [2.75, 3.05) is 6.61 Å². The van der Waals surface area contributed by atoms with E-state index in [0.717, 1.165) is 6.42 Å². The summed E-state index contributed by atoms with van der Waals surface area (Å²) in [6, 6.07) is 0. The lowest BCUT2D eigenvalue weighted by molar-refractivity contribution is -0.146. The average Bonchev–Trinajstić information content (AvgIpc) is 2.14. The van der Waals surface area contributed by atoms with E-state index >= 15 is 0 Å². The Kier molecular flexibility index (Phi) is 7.38. The SMILES string of the molecule is CCC(F)(F)CCOC(=O)CCC(C)I. The van der Waals surface area contributed by atoms with Gasteiger partial charge in [0.1, 0.15) is 0 Å². The molecule has 5 heteroatoms. The summed E-state index contributed by atoms with van der Waals surface area (Å²) < 4.78 is 30.6. The molecule has 0 spiro atoms. The van der Waals surface area contributed by atoms with Crippen molar-refractivity contribution < 1.29 is 18.3 Å². The van der Waals surface area contributed by atoms with E-state index in [2.05, 4.69) is 22.6 Å². The topological polar surface area (TPSA) is 26.3 Å². The first-order valence-electron chi connectivity index (χ1n) is 5.05. The molecule has 0 fully saturated rings. The van der Waals surface area contributed by atoms with E-state index in [1.54, 1.807) is 0 Å². The van der Waals surface area contributed by atoms with Crippen LogP contribution in [0.2, 0.25) is 0 Å². The van der Waals surface area contributed by atoms with Crippen LogP contribution in [-0.2, 0) is 9.53 Å². The lowest BCUT2D eigenvalue weighted by Gasteiger charge is -2.13. The first-order valence-corrected chi connectivity index (χ1v) is 6.29. The van der Waals surface area contributed by atoms with Crippen molar-refractivity contribution in [2.45, 2.75) is 49.4 Å². The van der Waals surface area contributed by atoms with Crippen LogP contribution in [0.4, 0.5) is 8.78 Å². The van der Waals surface area contributed by atoms with Gasteiger partial charge in [-0.1, -0.05) is 36.4 Å². The largest absolute Gasteiger partial charge is 0.465 e. The van der Waals surface area contributed by atoms with Gasteiger partial charge >= 0.3 is 5.97 Å². The van der Waals surface area contributed by atoms with Gasteiger partial charge in [-0.2, -0.15) is 0 Å². The zero-order chi connectivity index (χ0) is 11.9. The number of ether oxygens (including phenoxy) is 1. The molecule has 15 heavy (non-hydrogen) atoms. The highest BCUT2D eigenvalue weighted by molar-refractivity contribution is 14.1. The molecular weight excluding hydrogens is 317 g/mol. The number of hydrogen-bond donors (Lipinski definition) is 0. The Morgan fingerprint density at radius 1 is 1.53 bits per heavy atom. The van der Waals surface area contributed by atoms with E-state index in [0.29, 0.717) is 10.3 Å². The Labute approximate surface area is 103 Å². The fourth-order valence-electron chi connectivity index (χ4n) is 0.880. The first kappa shape index (κ1) is 15.1. The molecule has 0 aliphatic heterocycles. The molecule has 0 saturated heterocycles. The van der Waals surface area contributed by atoms with Crippen LogP contribution in [0.5, 0.6) is 0 Å². The molecule has 1 atom stereocenters. The van der Waals surface area contributed by atoms with Crippen LogP contribution in [0.3, 0.4) is 0 Å². The van der Waals surface area contributed by atoms with Gasteiger partial charge in [0, 0.05) is 23.2 Å². The summed E-state index contributed by atoms with van der Waals surface area (Å²) in [6.07, 6.45) is 0.440. The molecule has 0 bridgehead atoms. The maximum absolute atomic E-state index is 12.7. The minimum atomic E-state index is -2.71. The van der Waals surface area contributed by atoms with E-state index in [1.165, 1.54) is 6.92 Å². The van der Waals surface area contributed by atoms with Gasteiger partial charge in [-0.3, -0.25) is 4.79 Å². The zero-order valence-corrected chi connectivity index (χ0v) is 11.2. The summed E-state index contributed by atoms with van der Waals surface area (Å²) >= 11 is 2.20. The van der Waals surface area contributed by atoms with Crippen LogP contribution in [0, 0.1) is 0 Å². The van der Waals surface area contributed by atoms with Crippen molar-refractivity contribution in [3.63, 3.8) is 0 Å². The van der Waals surface area contributed by atoms with E-state index < -0.39 is 5.92 Å². The molecule has 0 aliphatic carbocycles. The molecule has 0 aromatic heterocycles. The fourth-order valence-corrected chi connectivity index (χ4v) is 1.19. The molecular formula is C10H17F2IO2. The van der Waals surface area contributed by atoms with Gasteiger partial charge in [0.05, 0.1) is 6.61 Å². The summed E-state index contributed by atoms with van der Waals surface area (Å²) in [5.41, 5.74) is 0. The fraction of sp³-hybridized carbons (Fsp3) is 0.900. The van der Waals surface area contributed by atoms with Gasteiger partial charge in [-0.25, -0.2) is 8.78 Å². The molecule has 0 saturated carbocycles. The number of hydrogen-bond acceptors (Lipinski definition) is 2. The Morgan fingerprint density at radius 3 is 2.60 bits per heavy atom. The third-order valence-electron chi connectivity index (χ3n) is 1.99. The van der Waals surface area contributed by atoms with Crippen molar-refractivity contribution in [1.82, 2.24) is 0 Å². The molecule has 90 valence electrons. The molecule has 0 aromatic rings. The molecule has 0 amide bonds. The summed E-state index contributed by atoms with van der Waals surface area (Å²) in [6.45, 7) is 3.22. The highest BCUT2D eigenvalue weighted by Gasteiger charge is 2.26. The van der Waals surface area contributed by atoms with Crippen molar-refractivity contribution in [2.24, 2.45) is 0 Å². The van der Waals surface area contributed by atoms with E-state index in [1.807, 2.05) is 6.92 Å². The van der Waals surface area contributed by atoms with Gasteiger partial charge in [0.25, 0.3) is 5.92 Å². The number of halogens is 3. The standard InChI is InChI=1S/C10H17F2IO2/c1-3-10(11,12)6-7-15-9(14)5-4-8(2)13/h8H,3-7H2,1-2H3. The summed E-state index contributed by atoms with van der Waals surface area (Å²) in [5.74, 6) is -3.10. The molecule has 0 radical (unpaired) electrons. The van der Waals surface area contributed by atoms with Crippen LogP contribution in [0.25, 0.3) is 0 Å². The highest BCUT2D eigenvalue weighted by atomic mass is 127. The van der Waals surface area contributed by atoms with Gasteiger partial charge in [0.15, 0.2) is 0 Å². The smallest absolute Gasteiger partial charge is 0.305 e. The third kappa shape index (κ3) is 9.02. The maximum Gasteiger partial charge on any atom is 0.305 e. The molecule has 2 nitrogen and oxygen atoms in total. The highest BCUT2D eigenvalue weighted by Crippen LogP contribution is 2.22. The minimum Gasteiger partial charge on any atom is -0.465 e. The summed E-state index contributed by atoms with van der Waals surface area (Å²) in [5, 5.41) is 0. The number of rotatable bonds is 7. The van der Waals surface area contributed by atoms with Gasteiger partial charge in [-0.05, 0) is 6.42 Å². The van der Waals surface area contributed by atoms with E-state index in [-0.39, 0.29) is 25.4 Å². The predicted octanol–water partition coefficient (Wildman–Crippen LogP) is 3.57. The Morgan fingerprint density at radius 2 is 2.13 bits per heavy atom. The monoisotopic (exact) mass is 334 g/mol. The first-order chi connectivity index (χ1) is 6.87. The van der Waals surface area contributed by atoms with Gasteiger partial charge in [0.2, 0.25) is 0 Å². The van der Waals surface area contributed by atoms with E-state index in [9.17, 15) is 13.6 Å². The average molecular weight is 334 g/mol. The number of esters is 1. The number of alkyl halides is 3. The summed E-state index contributed by atoms with van der Waals surface area (Å²) in [7, 11) is 0. The third-order valence-corrected chi connectivity index (χ3v) is 2.62. The predicted molar refractivity (Wildman–Crippen MR) is 63.5 cm³/mol. The van der Waals surface area contributed by atoms with Crippen LogP contribution >= 0.6 is 22.6 Å². The van der Waals surface area contributed by atoms with Crippen molar-refractivity contribution >= 4 is 28.6 Å².